The number of amides is 2. The number of hydrogen-bond donors (Lipinski definition) is 2. The van der Waals surface area contributed by atoms with Crippen LogP contribution in [-0.4, -0.2) is 16.8 Å². The highest BCUT2D eigenvalue weighted by Crippen LogP contribution is 2.21. The van der Waals surface area contributed by atoms with Crippen molar-refractivity contribution in [1.82, 2.24) is 4.98 Å². The fourth-order valence-corrected chi connectivity index (χ4v) is 2.78. The lowest BCUT2D eigenvalue weighted by molar-refractivity contribution is 0.101. The highest BCUT2D eigenvalue weighted by molar-refractivity contribution is 9.10. The van der Waals surface area contributed by atoms with Crippen LogP contribution in [0.1, 0.15) is 20.7 Å². The molecule has 0 saturated carbocycles. The lowest BCUT2D eigenvalue weighted by atomic mass is 10.2. The van der Waals surface area contributed by atoms with Crippen LogP contribution in [0, 0.1) is 5.82 Å². The Bertz CT molecular complexity index is 964. The van der Waals surface area contributed by atoms with Gasteiger partial charge in [-0.1, -0.05) is 6.07 Å². The minimum absolute atomic E-state index is 0.280. The van der Waals surface area contributed by atoms with E-state index in [-0.39, 0.29) is 5.91 Å². The second kappa shape index (κ2) is 7.88. The second-order valence-corrected chi connectivity index (χ2v) is 6.20. The largest absolute Gasteiger partial charge is 0.322 e. The minimum Gasteiger partial charge on any atom is -0.322 e. The number of pyridine rings is 1. The number of halogens is 2. The molecule has 0 aliphatic carbocycles. The molecule has 2 amide bonds. The number of carbonyl (C=O) groups is 2. The molecule has 0 radical (unpaired) electrons. The summed E-state index contributed by atoms with van der Waals surface area (Å²) < 4.78 is 13.5. The molecule has 130 valence electrons. The molecule has 0 saturated heterocycles. The van der Waals surface area contributed by atoms with E-state index in [9.17, 15) is 14.0 Å². The van der Waals surface area contributed by atoms with Gasteiger partial charge in [0.15, 0.2) is 0 Å². The number of anilines is 2. The fourth-order valence-electron chi connectivity index (χ4n) is 2.25. The zero-order chi connectivity index (χ0) is 18.5. The molecule has 0 bridgehead atoms. The Labute approximate surface area is 157 Å². The third kappa shape index (κ3) is 4.31. The molecule has 0 unspecified atom stereocenters. The van der Waals surface area contributed by atoms with Crippen molar-refractivity contribution in [2.24, 2.45) is 0 Å². The van der Waals surface area contributed by atoms with Crippen molar-refractivity contribution in [2.45, 2.75) is 0 Å². The molecule has 0 aliphatic heterocycles. The molecular formula is C19H13BrFN3O2. The summed E-state index contributed by atoms with van der Waals surface area (Å²) in [5.74, 6) is -1.11. The van der Waals surface area contributed by atoms with Crippen molar-refractivity contribution in [3.05, 3.63) is 88.4 Å². The van der Waals surface area contributed by atoms with Gasteiger partial charge in [-0.25, -0.2) is 4.39 Å². The predicted octanol–water partition coefficient (Wildman–Crippen LogP) is 4.49. The maximum atomic E-state index is 13.1. The summed E-state index contributed by atoms with van der Waals surface area (Å²) in [6.45, 7) is 0. The molecule has 7 heteroatoms. The maximum absolute atomic E-state index is 13.1. The van der Waals surface area contributed by atoms with Crippen LogP contribution in [-0.2, 0) is 0 Å². The lowest BCUT2D eigenvalue weighted by Gasteiger charge is -2.10. The smallest absolute Gasteiger partial charge is 0.256 e. The zero-order valence-corrected chi connectivity index (χ0v) is 15.0. The fraction of sp³-hybridized carbons (Fsp3) is 0. The number of hydrogen-bond acceptors (Lipinski definition) is 3. The number of aromatic nitrogens is 1. The summed E-state index contributed by atoms with van der Waals surface area (Å²) in [5.41, 5.74) is 1.81. The first-order chi connectivity index (χ1) is 12.5. The summed E-state index contributed by atoms with van der Waals surface area (Å²) in [6, 6.07) is 13.8. The Kier molecular flexibility index (Phi) is 5.38. The van der Waals surface area contributed by atoms with Gasteiger partial charge in [0.25, 0.3) is 11.8 Å². The van der Waals surface area contributed by atoms with Crippen molar-refractivity contribution >= 4 is 39.1 Å². The SMILES string of the molecule is O=C(Nc1cccc(NC(=O)c2ccc(F)cc2Br)c1)c1ccncc1. The van der Waals surface area contributed by atoms with Crippen LogP contribution in [0.25, 0.3) is 0 Å². The zero-order valence-electron chi connectivity index (χ0n) is 13.4. The average Bonchev–Trinajstić information content (AvgIpc) is 2.62. The van der Waals surface area contributed by atoms with Crippen molar-refractivity contribution < 1.29 is 14.0 Å². The number of nitrogens with zero attached hydrogens (tertiary/aromatic N) is 1. The van der Waals surface area contributed by atoms with Crippen LogP contribution in [0.3, 0.4) is 0 Å². The summed E-state index contributed by atoms with van der Waals surface area (Å²) in [7, 11) is 0. The van der Waals surface area contributed by atoms with Crippen molar-refractivity contribution in [1.29, 1.82) is 0 Å². The summed E-state index contributed by atoms with van der Waals surface area (Å²) in [5, 5.41) is 5.47. The van der Waals surface area contributed by atoms with Crippen LogP contribution in [0.5, 0.6) is 0 Å². The second-order valence-electron chi connectivity index (χ2n) is 5.35. The lowest BCUT2D eigenvalue weighted by Crippen LogP contribution is -2.14. The van der Waals surface area contributed by atoms with Gasteiger partial charge in [0.05, 0.1) is 5.56 Å². The van der Waals surface area contributed by atoms with Crippen LogP contribution in [0.2, 0.25) is 0 Å². The van der Waals surface area contributed by atoms with E-state index in [0.717, 1.165) is 0 Å². The van der Waals surface area contributed by atoms with Gasteiger partial charge < -0.3 is 10.6 Å². The normalized spacial score (nSPS) is 10.2. The van der Waals surface area contributed by atoms with Gasteiger partial charge >= 0.3 is 0 Å². The molecule has 1 aromatic heterocycles. The third-order valence-electron chi connectivity index (χ3n) is 3.50. The topological polar surface area (TPSA) is 71.1 Å². The van der Waals surface area contributed by atoms with E-state index < -0.39 is 11.7 Å². The number of nitrogens with one attached hydrogen (secondary N) is 2. The monoisotopic (exact) mass is 413 g/mol. The predicted molar refractivity (Wildman–Crippen MR) is 101 cm³/mol. The van der Waals surface area contributed by atoms with Crippen molar-refractivity contribution in [3.8, 4) is 0 Å². The first kappa shape index (κ1) is 17.8. The van der Waals surface area contributed by atoms with Crippen LogP contribution < -0.4 is 10.6 Å². The molecule has 0 spiro atoms. The van der Waals surface area contributed by atoms with Gasteiger partial charge in [-0.05, 0) is 64.5 Å². The number of rotatable bonds is 4. The van der Waals surface area contributed by atoms with E-state index in [4.69, 9.17) is 0 Å². The van der Waals surface area contributed by atoms with Gasteiger partial charge in [-0.15, -0.1) is 0 Å². The Balaban J connectivity index is 1.73. The molecule has 2 N–H and O–H groups in total. The number of carbonyl (C=O) groups excluding carboxylic acids is 2. The first-order valence-corrected chi connectivity index (χ1v) is 8.40. The Morgan fingerprint density at radius 2 is 1.54 bits per heavy atom. The van der Waals surface area contributed by atoms with Gasteiger partial charge in [0.1, 0.15) is 5.82 Å². The molecule has 26 heavy (non-hydrogen) atoms. The maximum Gasteiger partial charge on any atom is 0.256 e. The quantitative estimate of drug-likeness (QED) is 0.661. The highest BCUT2D eigenvalue weighted by Gasteiger charge is 2.12. The Morgan fingerprint density at radius 3 is 2.19 bits per heavy atom. The minimum atomic E-state index is -0.436. The molecular weight excluding hydrogens is 401 g/mol. The molecule has 1 heterocycles. The van der Waals surface area contributed by atoms with Crippen LogP contribution >= 0.6 is 15.9 Å². The molecule has 2 aromatic carbocycles. The molecule has 3 rings (SSSR count). The van der Waals surface area contributed by atoms with E-state index in [1.165, 1.54) is 30.6 Å². The van der Waals surface area contributed by atoms with E-state index >= 15 is 0 Å². The third-order valence-corrected chi connectivity index (χ3v) is 4.15. The standard InChI is InChI=1S/C19H13BrFN3O2/c20-17-10-13(21)4-5-16(17)19(26)24-15-3-1-2-14(11-15)23-18(25)12-6-8-22-9-7-12/h1-11H,(H,23,25)(H,24,26). The molecule has 5 nitrogen and oxygen atoms in total. The van der Waals surface area contributed by atoms with E-state index in [1.54, 1.807) is 36.4 Å². The highest BCUT2D eigenvalue weighted by atomic mass is 79.9. The Morgan fingerprint density at radius 1 is 0.885 bits per heavy atom. The molecule has 0 aliphatic rings. The molecule has 3 aromatic rings. The average molecular weight is 414 g/mol. The van der Waals surface area contributed by atoms with E-state index in [1.807, 2.05) is 0 Å². The molecule has 0 atom stereocenters. The van der Waals surface area contributed by atoms with Crippen molar-refractivity contribution in [2.75, 3.05) is 10.6 Å². The summed E-state index contributed by atoms with van der Waals surface area (Å²) in [4.78, 5) is 28.4. The van der Waals surface area contributed by atoms with E-state index in [0.29, 0.717) is 27.0 Å². The number of benzene rings is 2. The molecule has 0 fully saturated rings. The summed E-state index contributed by atoms with van der Waals surface area (Å²) >= 11 is 3.17. The van der Waals surface area contributed by atoms with Gasteiger partial charge in [0.2, 0.25) is 0 Å². The van der Waals surface area contributed by atoms with Crippen molar-refractivity contribution in [3.63, 3.8) is 0 Å². The Hall–Kier alpha value is -3.06. The van der Waals surface area contributed by atoms with Crippen LogP contribution in [0.15, 0.2) is 71.5 Å². The van der Waals surface area contributed by atoms with Gasteiger partial charge in [-0.3, -0.25) is 14.6 Å². The first-order valence-electron chi connectivity index (χ1n) is 7.61. The van der Waals surface area contributed by atoms with Crippen LogP contribution in [0.4, 0.5) is 15.8 Å². The van der Waals surface area contributed by atoms with E-state index in [2.05, 4.69) is 31.5 Å². The van der Waals surface area contributed by atoms with Gasteiger partial charge in [0, 0.05) is 33.8 Å². The van der Waals surface area contributed by atoms with Gasteiger partial charge in [-0.2, -0.15) is 0 Å². The summed E-state index contributed by atoms with van der Waals surface area (Å²) in [6.07, 6.45) is 3.07.